The van der Waals surface area contributed by atoms with Crippen LogP contribution in [0.5, 0.6) is 0 Å². The van der Waals surface area contributed by atoms with Gasteiger partial charge in [0.25, 0.3) is 0 Å². The molecule has 0 radical (unpaired) electrons. The Morgan fingerprint density at radius 2 is 0.914 bits per heavy atom. The monoisotopic (exact) mass is 756 g/mol. The van der Waals surface area contributed by atoms with E-state index in [1.165, 1.54) is 63.8 Å². The summed E-state index contributed by atoms with van der Waals surface area (Å²) in [5.41, 5.74) is 8.71. The highest BCUT2D eigenvalue weighted by molar-refractivity contribution is 7.26. The van der Waals surface area contributed by atoms with Crippen molar-refractivity contribution in [3.05, 3.63) is 194 Å². The van der Waals surface area contributed by atoms with E-state index in [0.29, 0.717) is 17.5 Å². The van der Waals surface area contributed by atoms with Crippen LogP contribution in [-0.4, -0.2) is 19.5 Å². The lowest BCUT2D eigenvalue weighted by Gasteiger charge is -2.10. The summed E-state index contributed by atoms with van der Waals surface area (Å²) in [4.78, 5) is 15.5. The third kappa shape index (κ3) is 5.32. The van der Waals surface area contributed by atoms with Gasteiger partial charge in [-0.15, -0.1) is 11.3 Å². The molecule has 0 aliphatic rings. The minimum atomic E-state index is 0.642. The Labute approximate surface area is 338 Å². The zero-order chi connectivity index (χ0) is 38.2. The predicted molar refractivity (Wildman–Crippen MR) is 244 cm³/mol. The molecule has 3 aromatic heterocycles. The number of aromatic nitrogens is 4. The average Bonchev–Trinajstić information content (AvgIpc) is 3.83. The SMILES string of the molecule is c1ccc(-c2cccc(-c3nc(-c4ccc5ccccc5c4)nc(-c4ccc5c(c4)sc4c(-n6c7ccccc7c7cc8ccccc8cc76)cccc45)n3)c2)cc1. The van der Waals surface area contributed by atoms with E-state index in [1.54, 1.807) is 0 Å². The quantitative estimate of drug-likeness (QED) is 0.176. The topological polar surface area (TPSA) is 43.6 Å². The average molecular weight is 757 g/mol. The first-order chi connectivity index (χ1) is 28.7. The van der Waals surface area contributed by atoms with E-state index in [4.69, 9.17) is 15.0 Å². The van der Waals surface area contributed by atoms with Gasteiger partial charge in [-0.3, -0.25) is 0 Å². The summed E-state index contributed by atoms with van der Waals surface area (Å²) in [5, 5.41) is 9.79. The highest BCUT2D eigenvalue weighted by atomic mass is 32.1. The van der Waals surface area contributed by atoms with Gasteiger partial charge < -0.3 is 4.57 Å². The maximum absolute atomic E-state index is 5.19. The summed E-state index contributed by atoms with van der Waals surface area (Å²) >= 11 is 1.83. The van der Waals surface area contributed by atoms with E-state index in [9.17, 15) is 0 Å². The van der Waals surface area contributed by atoms with Crippen molar-refractivity contribution in [3.63, 3.8) is 0 Å². The zero-order valence-electron chi connectivity index (χ0n) is 31.2. The molecule has 0 saturated carbocycles. The zero-order valence-corrected chi connectivity index (χ0v) is 32.0. The van der Waals surface area contributed by atoms with Crippen LogP contribution >= 0.6 is 11.3 Å². The largest absolute Gasteiger partial charge is 0.308 e. The fourth-order valence-electron chi connectivity index (χ4n) is 8.57. The van der Waals surface area contributed by atoms with Crippen LogP contribution in [0.3, 0.4) is 0 Å². The van der Waals surface area contributed by atoms with Crippen LogP contribution in [0.15, 0.2) is 194 Å². The van der Waals surface area contributed by atoms with Crippen molar-refractivity contribution in [1.29, 1.82) is 0 Å². The van der Waals surface area contributed by atoms with Gasteiger partial charge in [0.1, 0.15) is 0 Å². The molecule has 0 unspecified atom stereocenters. The lowest BCUT2D eigenvalue weighted by atomic mass is 10.0. The molecule has 12 aromatic rings. The minimum Gasteiger partial charge on any atom is -0.308 e. The van der Waals surface area contributed by atoms with Gasteiger partial charge in [-0.25, -0.2) is 15.0 Å². The summed E-state index contributed by atoms with van der Waals surface area (Å²) < 4.78 is 4.88. The molecule has 3 heterocycles. The number of hydrogen-bond acceptors (Lipinski definition) is 4. The van der Waals surface area contributed by atoms with Crippen LogP contribution in [-0.2, 0) is 0 Å². The number of hydrogen-bond donors (Lipinski definition) is 0. The third-order valence-corrected chi connectivity index (χ3v) is 12.6. The number of thiophene rings is 1. The molecule has 9 aromatic carbocycles. The molecule has 0 atom stereocenters. The molecular weight excluding hydrogens is 725 g/mol. The van der Waals surface area contributed by atoms with Crippen molar-refractivity contribution in [3.8, 4) is 51.0 Å². The normalized spacial score (nSPS) is 11.8. The van der Waals surface area contributed by atoms with Gasteiger partial charge in [0.05, 0.1) is 21.4 Å². The number of nitrogens with zero attached hydrogens (tertiary/aromatic N) is 4. The molecule has 0 spiro atoms. The molecule has 0 bridgehead atoms. The molecule has 0 aliphatic carbocycles. The Morgan fingerprint density at radius 3 is 1.72 bits per heavy atom. The lowest BCUT2D eigenvalue weighted by molar-refractivity contribution is 1.08. The van der Waals surface area contributed by atoms with Gasteiger partial charge in [-0.1, -0.05) is 152 Å². The van der Waals surface area contributed by atoms with Crippen molar-refractivity contribution >= 4 is 74.9 Å². The molecule has 0 fully saturated rings. The Bertz CT molecular complexity index is 3580. The smallest absolute Gasteiger partial charge is 0.164 e. The van der Waals surface area contributed by atoms with E-state index in [1.807, 2.05) is 17.4 Å². The Kier molecular flexibility index (Phi) is 7.37. The second-order valence-electron chi connectivity index (χ2n) is 14.9. The van der Waals surface area contributed by atoms with Crippen LogP contribution in [0.25, 0.3) is 115 Å². The number of fused-ring (bicyclic) bond motifs is 8. The van der Waals surface area contributed by atoms with Crippen LogP contribution < -0.4 is 0 Å². The molecule has 0 aliphatic heterocycles. The lowest BCUT2D eigenvalue weighted by Crippen LogP contribution is -2.00. The first-order valence-electron chi connectivity index (χ1n) is 19.5. The summed E-state index contributed by atoms with van der Waals surface area (Å²) in [6.45, 7) is 0. The van der Waals surface area contributed by atoms with Gasteiger partial charge in [0, 0.05) is 42.9 Å². The van der Waals surface area contributed by atoms with Crippen LogP contribution in [0.2, 0.25) is 0 Å². The van der Waals surface area contributed by atoms with Gasteiger partial charge in [-0.05, 0) is 75.1 Å². The standard InChI is InChI=1S/C53H32N4S/c1-2-12-33(13-3-1)36-18-10-19-39(28-36)51-54-52(40-25-24-34-14-4-5-15-35(34)29-40)56-53(55-51)41-26-27-43-44-21-11-23-47(50(44)58-49(43)32-41)57-46-22-9-8-20-42(46)45-30-37-16-6-7-17-38(37)31-48(45)57/h1-32H. The Balaban J connectivity index is 1.04. The molecular formula is C53H32N4S. The highest BCUT2D eigenvalue weighted by Crippen LogP contribution is 2.43. The summed E-state index contributed by atoms with van der Waals surface area (Å²) in [6, 6.07) is 69.2. The van der Waals surface area contributed by atoms with Crippen molar-refractivity contribution in [2.75, 3.05) is 0 Å². The molecule has 58 heavy (non-hydrogen) atoms. The summed E-state index contributed by atoms with van der Waals surface area (Å²) in [7, 11) is 0. The second-order valence-corrected chi connectivity index (χ2v) is 15.9. The number of benzene rings is 9. The minimum absolute atomic E-state index is 0.642. The van der Waals surface area contributed by atoms with Gasteiger partial charge in [-0.2, -0.15) is 0 Å². The molecule has 0 N–H and O–H groups in total. The maximum Gasteiger partial charge on any atom is 0.164 e. The van der Waals surface area contributed by atoms with E-state index in [0.717, 1.165) is 33.2 Å². The number of rotatable bonds is 5. The number of para-hydroxylation sites is 1. The molecule has 270 valence electrons. The fraction of sp³-hybridized carbons (Fsp3) is 0. The van der Waals surface area contributed by atoms with E-state index in [2.05, 4.69) is 193 Å². The van der Waals surface area contributed by atoms with Crippen molar-refractivity contribution in [2.45, 2.75) is 0 Å². The molecule has 4 nitrogen and oxygen atoms in total. The highest BCUT2D eigenvalue weighted by Gasteiger charge is 2.19. The van der Waals surface area contributed by atoms with Crippen LogP contribution in [0, 0.1) is 0 Å². The summed E-state index contributed by atoms with van der Waals surface area (Å²) in [6.07, 6.45) is 0. The molecule has 12 rings (SSSR count). The predicted octanol–water partition coefficient (Wildman–Crippen LogP) is 14.3. The van der Waals surface area contributed by atoms with Crippen molar-refractivity contribution in [2.24, 2.45) is 0 Å². The van der Waals surface area contributed by atoms with Crippen LogP contribution in [0.4, 0.5) is 0 Å². The summed E-state index contributed by atoms with van der Waals surface area (Å²) in [5.74, 6) is 1.93. The molecule has 0 saturated heterocycles. The van der Waals surface area contributed by atoms with Crippen molar-refractivity contribution < 1.29 is 0 Å². The van der Waals surface area contributed by atoms with Gasteiger partial charge in [0.15, 0.2) is 17.5 Å². The third-order valence-electron chi connectivity index (χ3n) is 11.4. The van der Waals surface area contributed by atoms with Crippen molar-refractivity contribution in [1.82, 2.24) is 19.5 Å². The van der Waals surface area contributed by atoms with Gasteiger partial charge in [0.2, 0.25) is 0 Å². The van der Waals surface area contributed by atoms with Crippen LogP contribution in [0.1, 0.15) is 0 Å². The fourth-order valence-corrected chi connectivity index (χ4v) is 9.82. The van der Waals surface area contributed by atoms with Gasteiger partial charge >= 0.3 is 0 Å². The van der Waals surface area contributed by atoms with E-state index < -0.39 is 0 Å². The second kappa shape index (κ2) is 13.1. The van der Waals surface area contributed by atoms with E-state index in [-0.39, 0.29) is 0 Å². The Morgan fingerprint density at radius 1 is 0.328 bits per heavy atom. The van der Waals surface area contributed by atoms with E-state index >= 15 is 0 Å². The first-order valence-corrected chi connectivity index (χ1v) is 20.3. The maximum atomic E-state index is 5.19. The molecule has 0 amide bonds. The molecule has 5 heteroatoms. The Hall–Kier alpha value is -7.47. The first kappa shape index (κ1) is 32.7.